The van der Waals surface area contributed by atoms with Gasteiger partial charge in [0.1, 0.15) is 5.54 Å². The van der Waals surface area contributed by atoms with Crippen molar-refractivity contribution in [2.45, 2.75) is 38.3 Å². The first-order valence-electron chi connectivity index (χ1n) is 8.20. The van der Waals surface area contributed by atoms with Crippen LogP contribution in [0.3, 0.4) is 0 Å². The molecule has 0 radical (unpaired) electrons. The summed E-state index contributed by atoms with van der Waals surface area (Å²) in [5.41, 5.74) is 1.31. The van der Waals surface area contributed by atoms with E-state index in [9.17, 15) is 0 Å². The minimum Gasteiger partial charge on any atom is -0.186 e. The van der Waals surface area contributed by atoms with E-state index in [1.165, 1.54) is 12.0 Å². The lowest BCUT2D eigenvalue weighted by Gasteiger charge is -2.41. The second-order valence-corrected chi connectivity index (χ2v) is 8.10. The lowest BCUT2D eigenvalue weighted by molar-refractivity contribution is 0.142. The van der Waals surface area contributed by atoms with Crippen LogP contribution in [0, 0.1) is 29.1 Å². The highest BCUT2D eigenvalue weighted by Crippen LogP contribution is 2.77. The van der Waals surface area contributed by atoms with Crippen LogP contribution in [0.2, 0.25) is 0 Å². The van der Waals surface area contributed by atoms with Gasteiger partial charge in [-0.15, -0.1) is 0 Å². The van der Waals surface area contributed by atoms with Crippen molar-refractivity contribution in [3.05, 3.63) is 48.0 Å². The van der Waals surface area contributed by atoms with E-state index in [4.69, 9.17) is 10.2 Å². The minimum atomic E-state index is -0.127. The van der Waals surface area contributed by atoms with Crippen molar-refractivity contribution < 1.29 is 0 Å². The van der Waals surface area contributed by atoms with Crippen molar-refractivity contribution in [1.82, 2.24) is 0 Å². The van der Waals surface area contributed by atoms with E-state index in [0.717, 1.165) is 0 Å². The summed E-state index contributed by atoms with van der Waals surface area (Å²) >= 11 is 0. The quantitative estimate of drug-likeness (QED) is 0.530. The fourth-order valence-electron chi connectivity index (χ4n) is 6.25. The highest BCUT2D eigenvalue weighted by Gasteiger charge is 2.79. The Balaban J connectivity index is 1.81. The molecule has 0 N–H and O–H groups in total. The zero-order chi connectivity index (χ0) is 14.5. The van der Waals surface area contributed by atoms with Crippen molar-refractivity contribution >= 4 is 0 Å². The summed E-state index contributed by atoms with van der Waals surface area (Å²) in [6, 6.07) is 10.9. The Morgan fingerprint density at radius 2 is 1.57 bits per heavy atom. The van der Waals surface area contributed by atoms with Gasteiger partial charge in [-0.3, -0.25) is 0 Å². The summed E-state index contributed by atoms with van der Waals surface area (Å²) in [7, 11) is 0. The van der Waals surface area contributed by atoms with Gasteiger partial charge in [-0.1, -0.05) is 56.3 Å². The van der Waals surface area contributed by atoms with Crippen LogP contribution in [0.4, 0.5) is 0 Å². The fraction of sp³-hybridized carbons (Fsp3) is 0.579. The Labute approximate surface area is 126 Å². The molecule has 2 nitrogen and oxygen atoms in total. The van der Waals surface area contributed by atoms with Crippen molar-refractivity contribution in [2.75, 3.05) is 0 Å². The van der Waals surface area contributed by atoms with Crippen molar-refractivity contribution in [2.24, 2.45) is 39.3 Å². The van der Waals surface area contributed by atoms with Gasteiger partial charge in [0.05, 0.1) is 5.54 Å². The predicted molar refractivity (Wildman–Crippen MR) is 82.9 cm³/mol. The first-order valence-corrected chi connectivity index (χ1v) is 8.20. The molecule has 0 unspecified atom stereocenters. The Morgan fingerprint density at radius 3 is 2.29 bits per heavy atom. The van der Waals surface area contributed by atoms with E-state index in [2.05, 4.69) is 63.3 Å². The molecule has 0 amide bonds. The van der Waals surface area contributed by atoms with Crippen LogP contribution in [0.25, 0.3) is 0 Å². The molecule has 4 bridgehead atoms. The zero-order valence-electron chi connectivity index (χ0n) is 13.0. The van der Waals surface area contributed by atoms with Gasteiger partial charge in [-0.05, 0) is 36.7 Å². The summed E-state index contributed by atoms with van der Waals surface area (Å²) in [6.45, 7) is 7.16. The van der Waals surface area contributed by atoms with E-state index >= 15 is 0 Å². The van der Waals surface area contributed by atoms with E-state index in [-0.39, 0.29) is 16.5 Å². The molecule has 1 aromatic rings. The highest BCUT2D eigenvalue weighted by molar-refractivity contribution is 5.43. The van der Waals surface area contributed by atoms with Gasteiger partial charge in [-0.25, -0.2) is 0 Å². The van der Waals surface area contributed by atoms with E-state index in [1.807, 2.05) is 0 Å². The third kappa shape index (κ3) is 1.02. The van der Waals surface area contributed by atoms with Crippen LogP contribution in [-0.4, -0.2) is 5.54 Å². The number of hydrogen-bond acceptors (Lipinski definition) is 2. The number of fused-ring (bicyclic) bond motifs is 9. The molecule has 4 aliphatic rings. The first-order chi connectivity index (χ1) is 10.0. The molecule has 1 heterocycles. The molecule has 0 spiro atoms. The molecule has 21 heavy (non-hydrogen) atoms. The molecule has 6 atom stereocenters. The number of rotatable bonds is 1. The van der Waals surface area contributed by atoms with Gasteiger partial charge in [0.25, 0.3) is 0 Å². The number of azo groups is 1. The summed E-state index contributed by atoms with van der Waals surface area (Å²) in [5, 5.41) is 9.87. The molecular formula is C19H22N2. The molecule has 108 valence electrons. The average Bonchev–Trinajstić information content (AvgIpc) is 3.17. The van der Waals surface area contributed by atoms with Crippen molar-refractivity contribution in [3.8, 4) is 0 Å². The molecule has 2 saturated carbocycles. The Morgan fingerprint density at radius 1 is 0.905 bits per heavy atom. The molecule has 0 saturated heterocycles. The van der Waals surface area contributed by atoms with Crippen LogP contribution in [-0.2, 0) is 5.54 Å². The van der Waals surface area contributed by atoms with E-state index in [1.54, 1.807) is 0 Å². The summed E-state index contributed by atoms with van der Waals surface area (Å²) in [5.74, 6) is 2.71. The number of benzene rings is 1. The second-order valence-electron chi connectivity index (χ2n) is 8.10. The lowest BCUT2D eigenvalue weighted by Crippen LogP contribution is -2.45. The fourth-order valence-corrected chi connectivity index (χ4v) is 6.25. The summed E-state index contributed by atoms with van der Waals surface area (Å²) in [6.07, 6.45) is 6.24. The average molecular weight is 278 g/mol. The maximum atomic E-state index is 4.98. The SMILES string of the molecule is CC1(C)[C@]2(C)N=N[C@@]1(c1ccccc1)[C@H]1[C@@H]2[C@H]2C=C[C@@H]1C2. The van der Waals surface area contributed by atoms with Gasteiger partial charge in [0, 0.05) is 11.3 Å². The minimum absolute atomic E-state index is 0.0162. The summed E-state index contributed by atoms with van der Waals surface area (Å²) in [4.78, 5) is 0. The first kappa shape index (κ1) is 12.1. The van der Waals surface area contributed by atoms with E-state index in [0.29, 0.717) is 23.7 Å². The van der Waals surface area contributed by atoms with Crippen LogP contribution in [0.15, 0.2) is 52.7 Å². The molecule has 5 rings (SSSR count). The highest BCUT2D eigenvalue weighted by atomic mass is 15.3. The third-order valence-corrected chi connectivity index (χ3v) is 7.44. The van der Waals surface area contributed by atoms with Crippen LogP contribution < -0.4 is 0 Å². The van der Waals surface area contributed by atoms with E-state index < -0.39 is 0 Å². The predicted octanol–water partition coefficient (Wildman–Crippen LogP) is 4.58. The third-order valence-electron chi connectivity index (χ3n) is 7.44. The van der Waals surface area contributed by atoms with Crippen LogP contribution in [0.1, 0.15) is 32.8 Å². The largest absolute Gasteiger partial charge is 0.186 e. The molecule has 0 aromatic heterocycles. The lowest BCUT2D eigenvalue weighted by atomic mass is 9.62. The molecule has 3 aliphatic carbocycles. The standard InChI is InChI=1S/C19H22N2/c1-17(2)18(3)15-12-9-10-13(11-12)16(15)19(17,21-20-18)14-7-5-4-6-8-14/h4-10,12-13,15-16H,11H2,1-3H3/t12-,13+,15-,16+,18+,19-/m0/s1. The second kappa shape index (κ2) is 3.31. The molecule has 2 fully saturated rings. The molecule has 2 heteroatoms. The Kier molecular flexibility index (Phi) is 1.92. The van der Waals surface area contributed by atoms with Gasteiger partial charge < -0.3 is 0 Å². The maximum Gasteiger partial charge on any atom is 0.118 e. The number of allylic oxidation sites excluding steroid dienone is 2. The van der Waals surface area contributed by atoms with Crippen molar-refractivity contribution in [1.29, 1.82) is 0 Å². The normalized spacial score (nSPS) is 50.8. The molecule has 1 aliphatic heterocycles. The van der Waals surface area contributed by atoms with Crippen LogP contribution >= 0.6 is 0 Å². The van der Waals surface area contributed by atoms with Gasteiger partial charge in [0.2, 0.25) is 0 Å². The van der Waals surface area contributed by atoms with Crippen molar-refractivity contribution in [3.63, 3.8) is 0 Å². The smallest absolute Gasteiger partial charge is 0.118 e. The van der Waals surface area contributed by atoms with Crippen LogP contribution in [0.5, 0.6) is 0 Å². The van der Waals surface area contributed by atoms with Gasteiger partial charge >= 0.3 is 0 Å². The Bertz CT molecular complexity index is 674. The molecule has 1 aromatic carbocycles. The monoisotopic (exact) mass is 278 g/mol. The number of hydrogen-bond donors (Lipinski definition) is 0. The maximum absolute atomic E-state index is 4.98. The number of nitrogens with zero attached hydrogens (tertiary/aromatic N) is 2. The Hall–Kier alpha value is -1.44. The zero-order valence-corrected chi connectivity index (χ0v) is 13.0. The van der Waals surface area contributed by atoms with Gasteiger partial charge in [0.15, 0.2) is 0 Å². The summed E-state index contributed by atoms with van der Waals surface area (Å²) < 4.78 is 0. The molecular weight excluding hydrogens is 256 g/mol. The topological polar surface area (TPSA) is 24.7 Å². The van der Waals surface area contributed by atoms with Gasteiger partial charge in [-0.2, -0.15) is 10.2 Å².